The molecule has 0 saturated heterocycles. The fourth-order valence-corrected chi connectivity index (χ4v) is 4.12. The van der Waals surface area contributed by atoms with Gasteiger partial charge in [0.05, 0.1) is 6.07 Å². The fraction of sp³-hybridized carbons (Fsp3) is 0.826. The van der Waals surface area contributed by atoms with E-state index in [4.69, 9.17) is 14.7 Å². The smallest absolute Gasteiger partial charge is 0.166 e. The quantitative estimate of drug-likeness (QED) is 0.131. The molecule has 0 aliphatic heterocycles. The molecular formula is C23H41NO3S. The van der Waals surface area contributed by atoms with Crippen LogP contribution in [0.3, 0.4) is 0 Å². The van der Waals surface area contributed by atoms with Gasteiger partial charge in [-0.05, 0) is 45.6 Å². The van der Waals surface area contributed by atoms with Gasteiger partial charge in [0.1, 0.15) is 0 Å². The molecule has 4 nitrogen and oxygen atoms in total. The molecule has 0 spiro atoms. The summed E-state index contributed by atoms with van der Waals surface area (Å²) in [6, 6.07) is 2.21. The lowest BCUT2D eigenvalue weighted by molar-refractivity contribution is -0.120. The molecule has 0 saturated carbocycles. The number of hydrogen-bond donors (Lipinski definition) is 0. The van der Waals surface area contributed by atoms with E-state index in [0.717, 1.165) is 57.1 Å². The number of allylic oxidation sites excluding steroid dienone is 2. The second-order valence-electron chi connectivity index (χ2n) is 6.97. The second kappa shape index (κ2) is 20.9. The monoisotopic (exact) mass is 411 g/mol. The SMILES string of the molecule is CCCCCC(=O)C=CCC(CCCCCCC#N)SCC(OCC)OCC. The summed E-state index contributed by atoms with van der Waals surface area (Å²) in [6.07, 6.45) is 14.7. The van der Waals surface area contributed by atoms with Crippen molar-refractivity contribution in [2.24, 2.45) is 0 Å². The number of nitrogens with zero attached hydrogens (tertiary/aromatic N) is 1. The van der Waals surface area contributed by atoms with Crippen LogP contribution in [0.1, 0.15) is 91.4 Å². The molecule has 0 aromatic heterocycles. The molecular weight excluding hydrogens is 370 g/mol. The summed E-state index contributed by atoms with van der Waals surface area (Å²) in [5.74, 6) is 1.06. The molecule has 0 N–H and O–H groups in total. The molecule has 28 heavy (non-hydrogen) atoms. The van der Waals surface area contributed by atoms with Gasteiger partial charge in [-0.3, -0.25) is 4.79 Å². The van der Waals surface area contributed by atoms with Gasteiger partial charge in [0.2, 0.25) is 0 Å². The van der Waals surface area contributed by atoms with Crippen molar-refractivity contribution in [3.05, 3.63) is 12.2 Å². The molecule has 0 heterocycles. The Morgan fingerprint density at radius 3 is 2.39 bits per heavy atom. The third-order valence-electron chi connectivity index (χ3n) is 4.47. The Kier molecular flexibility index (Phi) is 20.3. The van der Waals surface area contributed by atoms with Crippen LogP contribution in [0.4, 0.5) is 0 Å². The van der Waals surface area contributed by atoms with Crippen molar-refractivity contribution in [3.8, 4) is 6.07 Å². The van der Waals surface area contributed by atoms with Crippen LogP contribution < -0.4 is 0 Å². The molecule has 0 amide bonds. The summed E-state index contributed by atoms with van der Waals surface area (Å²) >= 11 is 1.89. The first-order valence-electron chi connectivity index (χ1n) is 11.1. The van der Waals surface area contributed by atoms with Gasteiger partial charge in [-0.25, -0.2) is 0 Å². The van der Waals surface area contributed by atoms with E-state index < -0.39 is 0 Å². The average Bonchev–Trinajstić information content (AvgIpc) is 2.68. The Hall–Kier alpha value is -0.830. The maximum atomic E-state index is 11.9. The number of hydrogen-bond acceptors (Lipinski definition) is 5. The summed E-state index contributed by atoms with van der Waals surface area (Å²) in [6.45, 7) is 7.44. The molecule has 162 valence electrons. The Morgan fingerprint density at radius 2 is 1.75 bits per heavy atom. The van der Waals surface area contributed by atoms with Crippen LogP contribution in [0.5, 0.6) is 0 Å². The molecule has 0 aliphatic rings. The predicted octanol–water partition coefficient (Wildman–Crippen LogP) is 6.45. The first-order chi connectivity index (χ1) is 13.7. The van der Waals surface area contributed by atoms with Gasteiger partial charge < -0.3 is 9.47 Å². The van der Waals surface area contributed by atoms with Gasteiger partial charge in [0.15, 0.2) is 12.1 Å². The van der Waals surface area contributed by atoms with Crippen molar-refractivity contribution in [2.45, 2.75) is 103 Å². The highest BCUT2D eigenvalue weighted by Crippen LogP contribution is 2.24. The number of ether oxygens (including phenoxy) is 2. The molecule has 1 unspecified atom stereocenters. The Labute approximate surface area is 177 Å². The van der Waals surface area contributed by atoms with E-state index in [0.29, 0.717) is 31.3 Å². The van der Waals surface area contributed by atoms with Crippen molar-refractivity contribution in [2.75, 3.05) is 19.0 Å². The molecule has 0 bridgehead atoms. The predicted molar refractivity (Wildman–Crippen MR) is 120 cm³/mol. The molecule has 0 radical (unpaired) electrons. The highest BCUT2D eigenvalue weighted by Gasteiger charge is 2.14. The van der Waals surface area contributed by atoms with Crippen molar-refractivity contribution in [1.82, 2.24) is 0 Å². The first kappa shape index (κ1) is 27.2. The van der Waals surface area contributed by atoms with Crippen LogP contribution in [0.25, 0.3) is 0 Å². The Morgan fingerprint density at radius 1 is 1.04 bits per heavy atom. The third-order valence-corrected chi connectivity index (χ3v) is 5.83. The minimum absolute atomic E-state index is 0.155. The van der Waals surface area contributed by atoms with Crippen LogP contribution in [0.15, 0.2) is 12.2 Å². The van der Waals surface area contributed by atoms with Gasteiger partial charge in [-0.1, -0.05) is 45.1 Å². The van der Waals surface area contributed by atoms with E-state index in [1.54, 1.807) is 6.08 Å². The molecule has 0 aliphatic carbocycles. The van der Waals surface area contributed by atoms with Crippen molar-refractivity contribution < 1.29 is 14.3 Å². The Bertz CT molecular complexity index is 428. The molecule has 0 aromatic rings. The second-order valence-corrected chi connectivity index (χ2v) is 8.30. The largest absolute Gasteiger partial charge is 0.352 e. The number of carbonyl (C=O) groups excluding carboxylic acids is 1. The lowest BCUT2D eigenvalue weighted by Gasteiger charge is -2.20. The van der Waals surface area contributed by atoms with Crippen molar-refractivity contribution in [1.29, 1.82) is 5.26 Å². The zero-order valence-corrected chi connectivity index (χ0v) is 19.1. The van der Waals surface area contributed by atoms with E-state index in [1.165, 1.54) is 6.42 Å². The first-order valence-corrected chi connectivity index (χ1v) is 12.1. The van der Waals surface area contributed by atoms with Crippen LogP contribution in [-0.4, -0.2) is 36.3 Å². The molecule has 0 rings (SSSR count). The van der Waals surface area contributed by atoms with E-state index >= 15 is 0 Å². The van der Waals surface area contributed by atoms with E-state index in [1.807, 2.05) is 25.6 Å². The highest BCUT2D eigenvalue weighted by molar-refractivity contribution is 7.99. The standard InChI is InChI=1S/C23H41NO3S/c1-4-7-11-15-21(25)16-14-18-22(17-12-9-8-10-13-19-24)28-20-23(26-5-2)27-6-3/h14,16,22-23H,4-13,15,17-18,20H2,1-3H3. The van der Waals surface area contributed by atoms with Crippen LogP contribution in [0.2, 0.25) is 0 Å². The molecule has 1 atom stereocenters. The topological polar surface area (TPSA) is 59.3 Å². The van der Waals surface area contributed by atoms with Gasteiger partial charge in [-0.2, -0.15) is 17.0 Å². The van der Waals surface area contributed by atoms with Gasteiger partial charge >= 0.3 is 0 Å². The summed E-state index contributed by atoms with van der Waals surface area (Å²) in [7, 11) is 0. The number of unbranched alkanes of at least 4 members (excludes halogenated alkanes) is 6. The summed E-state index contributed by atoms with van der Waals surface area (Å²) in [5.41, 5.74) is 0. The average molecular weight is 412 g/mol. The number of nitriles is 1. The number of ketones is 1. The molecule has 0 aromatic carbocycles. The lowest BCUT2D eigenvalue weighted by Crippen LogP contribution is -2.21. The normalized spacial score (nSPS) is 12.5. The molecule has 0 fully saturated rings. The van der Waals surface area contributed by atoms with Crippen LogP contribution >= 0.6 is 11.8 Å². The number of rotatable bonds is 20. The van der Waals surface area contributed by atoms with Crippen molar-refractivity contribution in [3.63, 3.8) is 0 Å². The zero-order chi connectivity index (χ0) is 20.9. The van der Waals surface area contributed by atoms with Gasteiger partial charge in [-0.15, -0.1) is 0 Å². The lowest BCUT2D eigenvalue weighted by atomic mass is 10.1. The van der Waals surface area contributed by atoms with E-state index in [2.05, 4.69) is 19.1 Å². The van der Waals surface area contributed by atoms with Crippen LogP contribution in [0, 0.1) is 11.3 Å². The van der Waals surface area contributed by atoms with Crippen LogP contribution in [-0.2, 0) is 14.3 Å². The van der Waals surface area contributed by atoms with Crippen molar-refractivity contribution >= 4 is 17.5 Å². The maximum absolute atomic E-state index is 11.9. The Balaban J connectivity index is 4.40. The molecule has 5 heteroatoms. The minimum Gasteiger partial charge on any atom is -0.352 e. The fourth-order valence-electron chi connectivity index (χ4n) is 2.91. The highest BCUT2D eigenvalue weighted by atomic mass is 32.2. The summed E-state index contributed by atoms with van der Waals surface area (Å²) in [4.78, 5) is 11.9. The number of carbonyl (C=O) groups is 1. The van der Waals surface area contributed by atoms with E-state index in [9.17, 15) is 4.79 Å². The summed E-state index contributed by atoms with van der Waals surface area (Å²) < 4.78 is 11.3. The maximum Gasteiger partial charge on any atom is 0.166 e. The van der Waals surface area contributed by atoms with Gasteiger partial charge in [0, 0.05) is 37.1 Å². The third kappa shape index (κ3) is 17.3. The zero-order valence-electron chi connectivity index (χ0n) is 18.3. The van der Waals surface area contributed by atoms with E-state index in [-0.39, 0.29) is 12.1 Å². The summed E-state index contributed by atoms with van der Waals surface area (Å²) in [5, 5.41) is 9.09. The minimum atomic E-state index is -0.155. The van der Waals surface area contributed by atoms with Gasteiger partial charge in [0.25, 0.3) is 0 Å². The number of thioether (sulfide) groups is 1.